The summed E-state index contributed by atoms with van der Waals surface area (Å²) in [5, 5.41) is 0. The topological polar surface area (TPSA) is 29.3 Å². The van der Waals surface area contributed by atoms with Crippen LogP contribution in [-0.2, 0) is 0 Å². The van der Waals surface area contributed by atoms with Crippen LogP contribution in [0, 0.1) is 5.92 Å². The van der Waals surface area contributed by atoms with Crippen molar-refractivity contribution in [1.82, 2.24) is 4.90 Å². The maximum absolute atomic E-state index is 5.93. The zero-order valence-electron chi connectivity index (χ0n) is 10.7. The van der Waals surface area contributed by atoms with Gasteiger partial charge >= 0.3 is 0 Å². The highest BCUT2D eigenvalue weighted by Crippen LogP contribution is 2.22. The van der Waals surface area contributed by atoms with E-state index in [2.05, 4.69) is 25.8 Å². The molecule has 1 aliphatic carbocycles. The Hall–Kier alpha value is -0.0800. The summed E-state index contributed by atoms with van der Waals surface area (Å²) < 4.78 is 0. The first-order valence-electron chi connectivity index (χ1n) is 6.63. The van der Waals surface area contributed by atoms with Gasteiger partial charge in [-0.15, -0.1) is 0 Å². The monoisotopic (exact) mass is 212 g/mol. The van der Waals surface area contributed by atoms with Gasteiger partial charge < -0.3 is 10.6 Å². The molecule has 0 radical (unpaired) electrons. The maximum Gasteiger partial charge on any atom is 0.00934 e. The lowest BCUT2D eigenvalue weighted by atomic mass is 9.90. The van der Waals surface area contributed by atoms with Gasteiger partial charge in [0.25, 0.3) is 0 Å². The van der Waals surface area contributed by atoms with E-state index in [0.717, 1.165) is 12.0 Å². The van der Waals surface area contributed by atoms with Crippen LogP contribution in [0.3, 0.4) is 0 Å². The smallest absolute Gasteiger partial charge is 0.00934 e. The maximum atomic E-state index is 5.93. The molecule has 0 aromatic rings. The molecule has 1 fully saturated rings. The molecule has 0 atom stereocenters. The molecule has 1 saturated carbocycles. The molecule has 0 spiro atoms. The molecular formula is C13H28N2. The van der Waals surface area contributed by atoms with E-state index in [1.807, 2.05) is 0 Å². The van der Waals surface area contributed by atoms with E-state index < -0.39 is 0 Å². The lowest BCUT2D eigenvalue weighted by molar-refractivity contribution is 0.156. The summed E-state index contributed by atoms with van der Waals surface area (Å²) in [6.07, 6.45) is 7.67. The Balaban J connectivity index is 2.30. The number of hydrogen-bond donors (Lipinski definition) is 1. The summed E-state index contributed by atoms with van der Waals surface area (Å²) in [7, 11) is 2.29. The van der Waals surface area contributed by atoms with Gasteiger partial charge in [0.2, 0.25) is 0 Å². The summed E-state index contributed by atoms with van der Waals surface area (Å²) in [4.78, 5) is 2.57. The van der Waals surface area contributed by atoms with E-state index in [1.54, 1.807) is 0 Å². The van der Waals surface area contributed by atoms with Crippen molar-refractivity contribution in [3.05, 3.63) is 0 Å². The van der Waals surface area contributed by atoms with Crippen LogP contribution >= 0.6 is 0 Å². The van der Waals surface area contributed by atoms with Gasteiger partial charge in [-0.25, -0.2) is 0 Å². The molecule has 15 heavy (non-hydrogen) atoms. The summed E-state index contributed by atoms with van der Waals surface area (Å²) in [5.74, 6) is 0.880. The van der Waals surface area contributed by atoms with Gasteiger partial charge in [-0.1, -0.05) is 26.7 Å². The Bertz CT molecular complexity index is 158. The summed E-state index contributed by atoms with van der Waals surface area (Å²) >= 11 is 0. The van der Waals surface area contributed by atoms with Crippen molar-refractivity contribution in [3.8, 4) is 0 Å². The molecule has 0 aromatic carbocycles. The first kappa shape index (κ1) is 13.0. The Morgan fingerprint density at radius 1 is 1.13 bits per heavy atom. The second kappa shape index (κ2) is 6.49. The third-order valence-electron chi connectivity index (χ3n) is 4.07. The molecular weight excluding hydrogens is 184 g/mol. The lowest BCUT2D eigenvalue weighted by Crippen LogP contribution is -2.40. The quantitative estimate of drug-likeness (QED) is 0.759. The SMILES string of the molecule is CCC(CC)CN(C)C1CCC(N)CC1. The van der Waals surface area contributed by atoms with Crippen molar-refractivity contribution in [2.45, 2.75) is 64.5 Å². The number of hydrogen-bond acceptors (Lipinski definition) is 2. The van der Waals surface area contributed by atoms with Gasteiger partial charge in [0.05, 0.1) is 0 Å². The van der Waals surface area contributed by atoms with Crippen molar-refractivity contribution >= 4 is 0 Å². The van der Waals surface area contributed by atoms with E-state index in [-0.39, 0.29) is 0 Å². The average molecular weight is 212 g/mol. The molecule has 0 saturated heterocycles. The van der Waals surface area contributed by atoms with Crippen molar-refractivity contribution in [1.29, 1.82) is 0 Å². The van der Waals surface area contributed by atoms with Crippen molar-refractivity contribution in [2.24, 2.45) is 11.7 Å². The van der Waals surface area contributed by atoms with Gasteiger partial charge in [0.15, 0.2) is 0 Å². The molecule has 0 amide bonds. The number of rotatable bonds is 5. The molecule has 2 nitrogen and oxygen atoms in total. The van der Waals surface area contributed by atoms with Crippen LogP contribution in [0.5, 0.6) is 0 Å². The van der Waals surface area contributed by atoms with Crippen LogP contribution < -0.4 is 5.73 Å². The molecule has 90 valence electrons. The molecule has 2 heteroatoms. The third kappa shape index (κ3) is 4.12. The fraction of sp³-hybridized carbons (Fsp3) is 1.00. The van der Waals surface area contributed by atoms with Crippen LogP contribution in [-0.4, -0.2) is 30.6 Å². The first-order chi connectivity index (χ1) is 7.17. The minimum atomic E-state index is 0.475. The van der Waals surface area contributed by atoms with Crippen LogP contribution in [0.15, 0.2) is 0 Å². The van der Waals surface area contributed by atoms with E-state index in [1.165, 1.54) is 45.1 Å². The Morgan fingerprint density at radius 2 is 1.67 bits per heavy atom. The molecule has 1 aliphatic rings. The fourth-order valence-corrected chi connectivity index (χ4v) is 2.65. The minimum Gasteiger partial charge on any atom is -0.328 e. The molecule has 0 bridgehead atoms. The van der Waals surface area contributed by atoms with E-state index >= 15 is 0 Å². The highest BCUT2D eigenvalue weighted by Gasteiger charge is 2.22. The summed E-state index contributed by atoms with van der Waals surface area (Å²) in [5.41, 5.74) is 5.93. The normalized spacial score (nSPS) is 27.6. The summed E-state index contributed by atoms with van der Waals surface area (Å²) in [6.45, 7) is 5.88. The second-order valence-electron chi connectivity index (χ2n) is 5.19. The number of nitrogens with two attached hydrogens (primary N) is 1. The van der Waals surface area contributed by atoms with Crippen molar-refractivity contribution in [2.75, 3.05) is 13.6 Å². The van der Waals surface area contributed by atoms with Crippen LogP contribution in [0.4, 0.5) is 0 Å². The van der Waals surface area contributed by atoms with Crippen LogP contribution in [0.2, 0.25) is 0 Å². The van der Waals surface area contributed by atoms with Gasteiger partial charge in [-0.05, 0) is 38.6 Å². The van der Waals surface area contributed by atoms with E-state index in [0.29, 0.717) is 6.04 Å². The van der Waals surface area contributed by atoms with Crippen LogP contribution in [0.1, 0.15) is 52.4 Å². The van der Waals surface area contributed by atoms with Crippen LogP contribution in [0.25, 0.3) is 0 Å². The Kier molecular flexibility index (Phi) is 5.62. The lowest BCUT2D eigenvalue weighted by Gasteiger charge is -2.35. The second-order valence-corrected chi connectivity index (χ2v) is 5.19. The summed E-state index contributed by atoms with van der Waals surface area (Å²) in [6, 6.07) is 1.27. The average Bonchev–Trinajstić information content (AvgIpc) is 2.26. The molecule has 0 aliphatic heterocycles. The van der Waals surface area contributed by atoms with Gasteiger partial charge in [0.1, 0.15) is 0 Å². The standard InChI is InChI=1S/C13H28N2/c1-4-11(5-2)10-15(3)13-8-6-12(14)7-9-13/h11-13H,4-10,14H2,1-3H3. The highest BCUT2D eigenvalue weighted by atomic mass is 15.1. The van der Waals surface area contributed by atoms with Gasteiger partial charge in [-0.2, -0.15) is 0 Å². The van der Waals surface area contributed by atoms with E-state index in [9.17, 15) is 0 Å². The third-order valence-corrected chi connectivity index (χ3v) is 4.07. The fourth-order valence-electron chi connectivity index (χ4n) is 2.65. The zero-order valence-corrected chi connectivity index (χ0v) is 10.7. The predicted molar refractivity (Wildman–Crippen MR) is 66.9 cm³/mol. The van der Waals surface area contributed by atoms with Gasteiger partial charge in [-0.3, -0.25) is 0 Å². The Morgan fingerprint density at radius 3 is 2.13 bits per heavy atom. The predicted octanol–water partition coefficient (Wildman–Crippen LogP) is 2.62. The zero-order chi connectivity index (χ0) is 11.3. The minimum absolute atomic E-state index is 0.475. The van der Waals surface area contributed by atoms with E-state index in [4.69, 9.17) is 5.73 Å². The van der Waals surface area contributed by atoms with Gasteiger partial charge in [0, 0.05) is 18.6 Å². The first-order valence-corrected chi connectivity index (χ1v) is 6.63. The molecule has 1 rings (SSSR count). The highest BCUT2D eigenvalue weighted by molar-refractivity contribution is 4.80. The van der Waals surface area contributed by atoms with Crippen molar-refractivity contribution < 1.29 is 0 Å². The number of nitrogens with zero attached hydrogens (tertiary/aromatic N) is 1. The van der Waals surface area contributed by atoms with Crippen molar-refractivity contribution in [3.63, 3.8) is 0 Å². The Labute approximate surface area is 95.2 Å². The molecule has 0 heterocycles. The molecule has 2 N–H and O–H groups in total. The molecule has 0 aromatic heterocycles. The molecule has 0 unspecified atom stereocenters. The largest absolute Gasteiger partial charge is 0.328 e.